The fourth-order valence-electron chi connectivity index (χ4n) is 2.08. The molecule has 0 aliphatic carbocycles. The van der Waals surface area contributed by atoms with Crippen LogP contribution in [0.4, 0.5) is 10.2 Å². The van der Waals surface area contributed by atoms with Gasteiger partial charge in [-0.1, -0.05) is 0 Å². The van der Waals surface area contributed by atoms with Gasteiger partial charge < -0.3 is 10.4 Å². The van der Waals surface area contributed by atoms with Crippen LogP contribution in [0.2, 0.25) is 0 Å². The van der Waals surface area contributed by atoms with Gasteiger partial charge in [0.1, 0.15) is 11.6 Å². The first-order valence-corrected chi connectivity index (χ1v) is 6.65. The van der Waals surface area contributed by atoms with Crippen LogP contribution in [0.3, 0.4) is 0 Å². The molecule has 0 amide bonds. The van der Waals surface area contributed by atoms with Crippen LogP contribution in [-0.4, -0.2) is 32.4 Å². The number of nitrogens with one attached hydrogen (secondary N) is 1. The van der Waals surface area contributed by atoms with Crippen LogP contribution >= 0.6 is 0 Å². The van der Waals surface area contributed by atoms with E-state index in [9.17, 15) is 9.50 Å². The Labute approximate surface area is 121 Å². The van der Waals surface area contributed by atoms with Gasteiger partial charge >= 0.3 is 0 Å². The van der Waals surface area contributed by atoms with Crippen LogP contribution in [0.25, 0.3) is 16.9 Å². The smallest absolute Gasteiger partial charge is 0.157 e. The van der Waals surface area contributed by atoms with Gasteiger partial charge in [0, 0.05) is 23.7 Å². The predicted octanol–water partition coefficient (Wildman–Crippen LogP) is 2.33. The molecule has 0 radical (unpaired) electrons. The number of rotatable bonds is 4. The summed E-state index contributed by atoms with van der Waals surface area (Å²) in [5, 5.41) is 16.6. The fraction of sp³-hybridized carbons (Fsp3) is 0.200. The third kappa shape index (κ3) is 2.71. The molecule has 0 aliphatic heterocycles. The number of aromatic nitrogens is 3. The first-order chi connectivity index (χ1) is 10.2. The Kier molecular flexibility index (Phi) is 3.53. The van der Waals surface area contributed by atoms with Crippen molar-refractivity contribution in [2.45, 2.75) is 13.0 Å². The number of hydrogen-bond acceptors (Lipinski definition) is 4. The second-order valence-electron chi connectivity index (χ2n) is 4.86. The Balaban J connectivity index is 2.09. The molecule has 6 heteroatoms. The second kappa shape index (κ2) is 5.49. The van der Waals surface area contributed by atoms with Gasteiger partial charge in [-0.05, 0) is 31.2 Å². The van der Waals surface area contributed by atoms with Crippen molar-refractivity contribution < 1.29 is 9.50 Å². The van der Waals surface area contributed by atoms with Gasteiger partial charge in [0.15, 0.2) is 5.65 Å². The maximum absolute atomic E-state index is 13.0. The summed E-state index contributed by atoms with van der Waals surface area (Å²) >= 11 is 0. The predicted molar refractivity (Wildman–Crippen MR) is 78.6 cm³/mol. The standard InChI is InChI=1S/C15H15FN4O/c1-10(9-21)18-15-8-13(11-2-4-12(16)5-3-11)19-14-6-7-17-20(14)15/h2-8,10,18,21H,9H2,1H3/t10-/m1/s1. The van der Waals surface area contributed by atoms with Crippen LogP contribution < -0.4 is 5.32 Å². The molecule has 0 fully saturated rings. The number of aliphatic hydroxyl groups is 1. The number of hydrogen-bond donors (Lipinski definition) is 2. The van der Waals surface area contributed by atoms with Gasteiger partial charge in [0.05, 0.1) is 18.5 Å². The van der Waals surface area contributed by atoms with Gasteiger partial charge in [0.2, 0.25) is 0 Å². The van der Waals surface area contributed by atoms with Gasteiger partial charge in [-0.15, -0.1) is 0 Å². The van der Waals surface area contributed by atoms with E-state index in [0.717, 1.165) is 17.1 Å². The lowest BCUT2D eigenvalue weighted by molar-refractivity contribution is 0.281. The summed E-state index contributed by atoms with van der Waals surface area (Å²) in [5.41, 5.74) is 2.22. The Hall–Kier alpha value is -2.47. The molecule has 1 aromatic carbocycles. The minimum atomic E-state index is -0.281. The molecule has 1 atom stereocenters. The van der Waals surface area contributed by atoms with E-state index in [1.54, 1.807) is 28.9 Å². The van der Waals surface area contributed by atoms with E-state index < -0.39 is 0 Å². The summed E-state index contributed by atoms with van der Waals surface area (Å²) in [4.78, 5) is 4.50. The number of fused-ring (bicyclic) bond motifs is 1. The highest BCUT2D eigenvalue weighted by atomic mass is 19.1. The van der Waals surface area contributed by atoms with Gasteiger partial charge in [-0.2, -0.15) is 9.61 Å². The van der Waals surface area contributed by atoms with E-state index in [1.165, 1.54) is 12.1 Å². The summed E-state index contributed by atoms with van der Waals surface area (Å²) in [5.74, 6) is 0.447. The highest BCUT2D eigenvalue weighted by Gasteiger charge is 2.10. The molecule has 0 bridgehead atoms. The van der Waals surface area contributed by atoms with Crippen molar-refractivity contribution in [1.82, 2.24) is 14.6 Å². The van der Waals surface area contributed by atoms with Gasteiger partial charge in [0.25, 0.3) is 0 Å². The maximum atomic E-state index is 13.0. The molecule has 2 heterocycles. The van der Waals surface area contributed by atoms with E-state index in [0.29, 0.717) is 5.65 Å². The normalized spacial score (nSPS) is 12.5. The molecule has 2 N–H and O–H groups in total. The summed E-state index contributed by atoms with van der Waals surface area (Å²) in [7, 11) is 0. The molecular formula is C15H15FN4O. The molecular weight excluding hydrogens is 271 g/mol. The van der Waals surface area contributed by atoms with Crippen molar-refractivity contribution in [2.24, 2.45) is 0 Å². The Morgan fingerprint density at radius 2 is 2.05 bits per heavy atom. The summed E-state index contributed by atoms with van der Waals surface area (Å²) < 4.78 is 14.7. The second-order valence-corrected chi connectivity index (χ2v) is 4.86. The largest absolute Gasteiger partial charge is 0.394 e. The number of nitrogens with zero attached hydrogens (tertiary/aromatic N) is 3. The van der Waals surface area contributed by atoms with E-state index >= 15 is 0 Å². The molecule has 0 saturated heterocycles. The lowest BCUT2D eigenvalue weighted by atomic mass is 10.1. The minimum absolute atomic E-state index is 0.0109. The van der Waals surface area contributed by atoms with Crippen LogP contribution in [0.15, 0.2) is 42.6 Å². The Morgan fingerprint density at radius 3 is 2.76 bits per heavy atom. The summed E-state index contributed by atoms with van der Waals surface area (Å²) in [6.45, 7) is 1.88. The molecule has 21 heavy (non-hydrogen) atoms. The van der Waals surface area contributed by atoms with E-state index in [1.807, 2.05) is 13.0 Å². The van der Waals surface area contributed by atoms with Gasteiger partial charge in [-0.3, -0.25) is 0 Å². The van der Waals surface area contributed by atoms with Crippen LogP contribution in [-0.2, 0) is 0 Å². The number of aliphatic hydroxyl groups excluding tert-OH is 1. The molecule has 0 saturated carbocycles. The highest BCUT2D eigenvalue weighted by molar-refractivity contribution is 5.66. The molecule has 3 aromatic rings. The number of anilines is 1. The zero-order valence-electron chi connectivity index (χ0n) is 11.5. The summed E-state index contributed by atoms with van der Waals surface area (Å²) in [6.07, 6.45) is 1.66. The van der Waals surface area contributed by atoms with E-state index in [4.69, 9.17) is 0 Å². The van der Waals surface area contributed by atoms with Crippen molar-refractivity contribution in [3.05, 3.63) is 48.4 Å². The van der Waals surface area contributed by atoms with Crippen LogP contribution in [0.1, 0.15) is 6.92 Å². The molecule has 3 rings (SSSR count). The zero-order valence-corrected chi connectivity index (χ0v) is 11.5. The Morgan fingerprint density at radius 1 is 1.29 bits per heavy atom. The number of benzene rings is 1. The van der Waals surface area contributed by atoms with Crippen LogP contribution in [0.5, 0.6) is 0 Å². The van der Waals surface area contributed by atoms with Crippen molar-refractivity contribution >= 4 is 11.5 Å². The average molecular weight is 286 g/mol. The first-order valence-electron chi connectivity index (χ1n) is 6.65. The lowest BCUT2D eigenvalue weighted by Crippen LogP contribution is -2.21. The number of halogens is 1. The van der Waals surface area contributed by atoms with Crippen molar-refractivity contribution in [3.8, 4) is 11.3 Å². The zero-order chi connectivity index (χ0) is 14.8. The molecule has 108 valence electrons. The maximum Gasteiger partial charge on any atom is 0.157 e. The van der Waals surface area contributed by atoms with Crippen molar-refractivity contribution in [3.63, 3.8) is 0 Å². The van der Waals surface area contributed by atoms with Gasteiger partial charge in [-0.25, -0.2) is 9.37 Å². The quantitative estimate of drug-likeness (QED) is 0.772. The highest BCUT2D eigenvalue weighted by Crippen LogP contribution is 2.22. The van der Waals surface area contributed by atoms with E-state index in [-0.39, 0.29) is 18.5 Å². The van der Waals surface area contributed by atoms with E-state index in [2.05, 4.69) is 15.4 Å². The molecule has 0 unspecified atom stereocenters. The summed E-state index contributed by atoms with van der Waals surface area (Å²) in [6, 6.07) is 9.69. The molecule has 5 nitrogen and oxygen atoms in total. The minimum Gasteiger partial charge on any atom is -0.394 e. The average Bonchev–Trinajstić information content (AvgIpc) is 2.96. The SMILES string of the molecule is C[C@H](CO)Nc1cc(-c2ccc(F)cc2)nc2ccnn12. The molecule has 0 spiro atoms. The van der Waals surface area contributed by atoms with Crippen molar-refractivity contribution in [2.75, 3.05) is 11.9 Å². The van der Waals surface area contributed by atoms with Crippen LogP contribution in [0, 0.1) is 5.82 Å². The molecule has 0 aliphatic rings. The van der Waals surface area contributed by atoms with Crippen molar-refractivity contribution in [1.29, 1.82) is 0 Å². The molecule has 2 aromatic heterocycles. The fourth-order valence-corrected chi connectivity index (χ4v) is 2.08. The topological polar surface area (TPSA) is 62.5 Å². The first kappa shape index (κ1) is 13.5. The Bertz CT molecular complexity index is 754. The lowest BCUT2D eigenvalue weighted by Gasteiger charge is -2.14. The third-order valence-corrected chi connectivity index (χ3v) is 3.17. The monoisotopic (exact) mass is 286 g/mol. The third-order valence-electron chi connectivity index (χ3n) is 3.17.